The van der Waals surface area contributed by atoms with E-state index in [-0.39, 0.29) is 0 Å². The summed E-state index contributed by atoms with van der Waals surface area (Å²) in [7, 11) is 0. The Hall–Kier alpha value is -1.81. The van der Waals surface area contributed by atoms with Gasteiger partial charge in [0.05, 0.1) is 10.9 Å². The number of fused-ring (bicyclic) bond motifs is 1. The van der Waals surface area contributed by atoms with Crippen LogP contribution in [0, 0.1) is 0 Å². The number of nitrogens with two attached hydrogens (primary N) is 1. The average molecular weight is 288 g/mol. The van der Waals surface area contributed by atoms with Crippen molar-refractivity contribution in [1.29, 1.82) is 0 Å². The molecule has 0 fully saturated rings. The van der Waals surface area contributed by atoms with Crippen molar-refractivity contribution in [1.82, 2.24) is 10.2 Å². The number of halogens is 1. The summed E-state index contributed by atoms with van der Waals surface area (Å²) in [5.74, 6) is 0. The zero-order valence-electron chi connectivity index (χ0n) is 8.94. The van der Waals surface area contributed by atoms with Gasteiger partial charge in [0.15, 0.2) is 0 Å². The standard InChI is InChI=1S/C13H10BrN3/c14-9-4-1-3-8(7-9)13-12-10(15)5-2-6-11(12)16-17-13/h1-7H,15H2,(H,16,17). The highest BCUT2D eigenvalue weighted by Crippen LogP contribution is 2.31. The van der Waals surface area contributed by atoms with Crippen LogP contribution in [0.25, 0.3) is 22.2 Å². The minimum Gasteiger partial charge on any atom is -0.398 e. The molecule has 1 heterocycles. The Kier molecular flexibility index (Phi) is 2.37. The van der Waals surface area contributed by atoms with Crippen molar-refractivity contribution in [3.63, 3.8) is 0 Å². The quantitative estimate of drug-likeness (QED) is 0.672. The van der Waals surface area contributed by atoms with Gasteiger partial charge in [-0.15, -0.1) is 0 Å². The molecule has 3 nitrogen and oxygen atoms in total. The predicted molar refractivity (Wildman–Crippen MR) is 73.6 cm³/mol. The van der Waals surface area contributed by atoms with Crippen molar-refractivity contribution in [3.05, 3.63) is 46.9 Å². The maximum absolute atomic E-state index is 6.01. The second-order valence-corrected chi connectivity index (χ2v) is 4.77. The first-order chi connectivity index (χ1) is 8.25. The van der Waals surface area contributed by atoms with E-state index in [1.165, 1.54) is 0 Å². The molecule has 3 N–H and O–H groups in total. The molecule has 0 aliphatic rings. The number of nitrogens with one attached hydrogen (secondary N) is 1. The number of hydrogen-bond donors (Lipinski definition) is 2. The van der Waals surface area contributed by atoms with E-state index in [1.807, 2.05) is 42.5 Å². The second kappa shape index (κ2) is 3.89. The fraction of sp³-hybridized carbons (Fsp3) is 0. The number of H-pyrrole nitrogens is 1. The van der Waals surface area contributed by atoms with Gasteiger partial charge in [-0.1, -0.05) is 34.1 Å². The Labute approximate surface area is 107 Å². The van der Waals surface area contributed by atoms with Crippen LogP contribution in [-0.4, -0.2) is 10.2 Å². The zero-order chi connectivity index (χ0) is 11.8. The Bertz CT molecular complexity index is 688. The van der Waals surface area contributed by atoms with Gasteiger partial charge in [-0.25, -0.2) is 0 Å². The summed E-state index contributed by atoms with van der Waals surface area (Å²) in [5, 5.41) is 8.32. The van der Waals surface area contributed by atoms with Crippen LogP contribution in [0.4, 0.5) is 5.69 Å². The molecule has 0 saturated heterocycles. The molecule has 0 bridgehead atoms. The summed E-state index contributed by atoms with van der Waals surface area (Å²) in [6, 6.07) is 13.8. The van der Waals surface area contributed by atoms with Gasteiger partial charge >= 0.3 is 0 Å². The molecule has 0 saturated carbocycles. The molecular formula is C13H10BrN3. The van der Waals surface area contributed by atoms with Gasteiger partial charge in [0.25, 0.3) is 0 Å². The van der Waals surface area contributed by atoms with E-state index in [9.17, 15) is 0 Å². The first kappa shape index (κ1) is 10.4. The molecule has 0 atom stereocenters. The number of hydrogen-bond acceptors (Lipinski definition) is 2. The molecular weight excluding hydrogens is 278 g/mol. The lowest BCUT2D eigenvalue weighted by Crippen LogP contribution is -1.86. The number of nitrogen functional groups attached to an aromatic ring is 1. The van der Waals surface area contributed by atoms with Crippen LogP contribution in [0.5, 0.6) is 0 Å². The lowest BCUT2D eigenvalue weighted by atomic mass is 10.1. The minimum absolute atomic E-state index is 0.742. The van der Waals surface area contributed by atoms with E-state index in [4.69, 9.17) is 5.73 Å². The summed E-state index contributed by atoms with van der Waals surface area (Å²) in [4.78, 5) is 0. The Morgan fingerprint density at radius 2 is 1.94 bits per heavy atom. The summed E-state index contributed by atoms with van der Waals surface area (Å²) < 4.78 is 1.03. The van der Waals surface area contributed by atoms with Crippen LogP contribution in [0.3, 0.4) is 0 Å². The molecule has 2 aromatic carbocycles. The molecule has 0 amide bonds. The third-order valence-electron chi connectivity index (χ3n) is 2.72. The normalized spacial score (nSPS) is 10.9. The SMILES string of the molecule is Nc1cccc2[nH]nc(-c3cccc(Br)c3)c12. The van der Waals surface area contributed by atoms with Crippen LogP contribution in [-0.2, 0) is 0 Å². The maximum atomic E-state index is 6.01. The van der Waals surface area contributed by atoms with Gasteiger partial charge in [0, 0.05) is 15.7 Å². The second-order valence-electron chi connectivity index (χ2n) is 3.85. The molecule has 3 aromatic rings. The number of nitrogens with zero attached hydrogens (tertiary/aromatic N) is 1. The van der Waals surface area contributed by atoms with Crippen LogP contribution < -0.4 is 5.73 Å². The predicted octanol–water partition coefficient (Wildman–Crippen LogP) is 3.57. The van der Waals surface area contributed by atoms with E-state index >= 15 is 0 Å². The highest BCUT2D eigenvalue weighted by molar-refractivity contribution is 9.10. The zero-order valence-corrected chi connectivity index (χ0v) is 10.5. The van der Waals surface area contributed by atoms with Crippen molar-refractivity contribution < 1.29 is 0 Å². The number of aromatic amines is 1. The van der Waals surface area contributed by atoms with Gasteiger partial charge in [-0.2, -0.15) is 5.10 Å². The highest BCUT2D eigenvalue weighted by Gasteiger charge is 2.10. The lowest BCUT2D eigenvalue weighted by molar-refractivity contribution is 1.12. The summed E-state index contributed by atoms with van der Waals surface area (Å²) >= 11 is 3.46. The fourth-order valence-corrected chi connectivity index (χ4v) is 2.34. The van der Waals surface area contributed by atoms with Crippen LogP contribution in [0.2, 0.25) is 0 Å². The molecule has 0 spiro atoms. The first-order valence-corrected chi connectivity index (χ1v) is 6.03. The first-order valence-electron chi connectivity index (χ1n) is 5.24. The van der Waals surface area contributed by atoms with Crippen molar-refractivity contribution >= 4 is 32.5 Å². The van der Waals surface area contributed by atoms with Gasteiger partial charge in [0.1, 0.15) is 5.69 Å². The summed E-state index contributed by atoms with van der Waals surface area (Å²) in [6.45, 7) is 0. The summed E-state index contributed by atoms with van der Waals surface area (Å²) in [6.07, 6.45) is 0. The van der Waals surface area contributed by atoms with Gasteiger partial charge in [-0.05, 0) is 24.3 Å². The lowest BCUT2D eigenvalue weighted by Gasteiger charge is -2.01. The molecule has 4 heteroatoms. The van der Waals surface area contributed by atoms with Crippen LogP contribution in [0.1, 0.15) is 0 Å². The largest absolute Gasteiger partial charge is 0.398 e. The molecule has 0 unspecified atom stereocenters. The molecule has 17 heavy (non-hydrogen) atoms. The fourth-order valence-electron chi connectivity index (χ4n) is 1.94. The van der Waals surface area contributed by atoms with Crippen LogP contribution >= 0.6 is 15.9 Å². The van der Waals surface area contributed by atoms with Crippen molar-refractivity contribution in [2.24, 2.45) is 0 Å². The van der Waals surface area contributed by atoms with E-state index in [2.05, 4.69) is 26.1 Å². The van der Waals surface area contributed by atoms with E-state index in [0.717, 1.165) is 32.3 Å². The van der Waals surface area contributed by atoms with Crippen molar-refractivity contribution in [2.45, 2.75) is 0 Å². The molecule has 1 aromatic heterocycles. The third-order valence-corrected chi connectivity index (χ3v) is 3.21. The molecule has 0 radical (unpaired) electrons. The maximum Gasteiger partial charge on any atom is 0.102 e. The van der Waals surface area contributed by atoms with Crippen LogP contribution in [0.15, 0.2) is 46.9 Å². The number of aromatic nitrogens is 2. The topological polar surface area (TPSA) is 54.7 Å². The minimum atomic E-state index is 0.742. The molecule has 0 aliphatic carbocycles. The number of rotatable bonds is 1. The van der Waals surface area contributed by atoms with Gasteiger partial charge < -0.3 is 5.73 Å². The molecule has 84 valence electrons. The monoisotopic (exact) mass is 287 g/mol. The van der Waals surface area contributed by atoms with Gasteiger partial charge in [-0.3, -0.25) is 5.10 Å². The number of anilines is 1. The van der Waals surface area contributed by atoms with E-state index in [0.29, 0.717) is 0 Å². The third kappa shape index (κ3) is 1.70. The van der Waals surface area contributed by atoms with Gasteiger partial charge in [0.2, 0.25) is 0 Å². The van der Waals surface area contributed by atoms with Crippen molar-refractivity contribution in [3.8, 4) is 11.3 Å². The van der Waals surface area contributed by atoms with E-state index in [1.54, 1.807) is 0 Å². The molecule has 0 aliphatic heterocycles. The smallest absolute Gasteiger partial charge is 0.102 e. The van der Waals surface area contributed by atoms with Crippen molar-refractivity contribution in [2.75, 3.05) is 5.73 Å². The van der Waals surface area contributed by atoms with E-state index < -0.39 is 0 Å². The highest BCUT2D eigenvalue weighted by atomic mass is 79.9. The Morgan fingerprint density at radius 3 is 2.76 bits per heavy atom. The molecule has 3 rings (SSSR count). The summed E-state index contributed by atoms with van der Waals surface area (Å²) in [5.41, 5.74) is 9.64. The average Bonchev–Trinajstić information content (AvgIpc) is 2.74. The Balaban J connectivity index is 2.31. The number of benzene rings is 2. The Morgan fingerprint density at radius 1 is 1.12 bits per heavy atom.